The van der Waals surface area contributed by atoms with Crippen LogP contribution in [0.15, 0.2) is 77.9 Å². The molecule has 9 heteroatoms. The maximum Gasteiger partial charge on any atom is 0.306 e. The third kappa shape index (κ3) is 9.02. The summed E-state index contributed by atoms with van der Waals surface area (Å²) in [5.41, 5.74) is 4.32. The van der Waals surface area contributed by atoms with E-state index < -0.39 is 11.5 Å². The highest BCUT2D eigenvalue weighted by atomic mass is 16.6. The number of nitrogens with one attached hydrogen (secondary N) is 1. The van der Waals surface area contributed by atoms with Crippen molar-refractivity contribution in [1.29, 1.82) is 5.26 Å². The molecule has 0 aliphatic carbocycles. The van der Waals surface area contributed by atoms with E-state index in [0.29, 0.717) is 18.0 Å². The first-order chi connectivity index (χ1) is 21.4. The third-order valence-electron chi connectivity index (χ3n) is 7.51. The van der Waals surface area contributed by atoms with Crippen molar-refractivity contribution < 1.29 is 23.9 Å². The number of nitrogens with zero attached hydrogens (tertiary/aromatic N) is 3. The highest BCUT2D eigenvalue weighted by molar-refractivity contribution is 5.98. The largest absolute Gasteiger partial charge is 0.466 e. The number of carbonyl (C=O) groups excluding carboxylic acids is 3. The molecule has 0 radical (unpaired) electrons. The summed E-state index contributed by atoms with van der Waals surface area (Å²) in [6.07, 6.45) is 0.926. The highest BCUT2D eigenvalue weighted by Crippen LogP contribution is 2.30. The van der Waals surface area contributed by atoms with Gasteiger partial charge >= 0.3 is 5.97 Å². The Labute approximate surface area is 264 Å². The number of nitriles is 1. The molecule has 0 saturated heterocycles. The van der Waals surface area contributed by atoms with Gasteiger partial charge in [-0.3, -0.25) is 14.4 Å². The smallest absolute Gasteiger partial charge is 0.306 e. The van der Waals surface area contributed by atoms with Crippen LogP contribution in [0.5, 0.6) is 0 Å². The van der Waals surface area contributed by atoms with Gasteiger partial charge in [0, 0.05) is 24.1 Å². The molecule has 1 heterocycles. The number of hydrogen-bond donors (Lipinski definition) is 1. The number of amides is 2. The maximum absolute atomic E-state index is 13.8. The van der Waals surface area contributed by atoms with Crippen LogP contribution in [-0.2, 0) is 36.8 Å². The molecule has 1 aliphatic rings. The van der Waals surface area contributed by atoms with E-state index in [9.17, 15) is 19.6 Å². The van der Waals surface area contributed by atoms with Gasteiger partial charge < -0.3 is 14.8 Å². The molecule has 1 aliphatic heterocycles. The Kier molecular flexibility index (Phi) is 10.7. The van der Waals surface area contributed by atoms with Gasteiger partial charge in [-0.25, -0.2) is 5.01 Å². The lowest BCUT2D eigenvalue weighted by atomic mass is 9.84. The molecule has 2 atom stereocenters. The molecule has 0 fully saturated rings. The van der Waals surface area contributed by atoms with Gasteiger partial charge in [-0.2, -0.15) is 5.26 Å². The summed E-state index contributed by atoms with van der Waals surface area (Å²) in [5, 5.41) is 18.3. The minimum Gasteiger partial charge on any atom is -0.466 e. The molecule has 2 amide bonds. The van der Waals surface area contributed by atoms with Crippen LogP contribution >= 0.6 is 0 Å². The Morgan fingerprint density at radius 1 is 1.07 bits per heavy atom. The number of benzene rings is 3. The fraction of sp³-hybridized carbons (Fsp3) is 0.361. The molecule has 2 unspecified atom stereocenters. The molecule has 0 spiro atoms. The molecule has 1 N–H and O–H groups in total. The van der Waals surface area contributed by atoms with Gasteiger partial charge in [0.15, 0.2) is 6.61 Å². The van der Waals surface area contributed by atoms with Gasteiger partial charge in [0.05, 0.1) is 18.5 Å². The van der Waals surface area contributed by atoms with Crippen LogP contribution in [0.1, 0.15) is 74.3 Å². The Bertz CT molecular complexity index is 1590. The number of esters is 1. The summed E-state index contributed by atoms with van der Waals surface area (Å²) in [6, 6.07) is 24.7. The first kappa shape index (κ1) is 32.9. The monoisotopic (exact) mass is 608 g/mol. The molecule has 234 valence electrons. The Morgan fingerprint density at radius 3 is 2.44 bits per heavy atom. The van der Waals surface area contributed by atoms with E-state index in [-0.39, 0.29) is 49.7 Å². The Hall–Kier alpha value is -4.97. The molecule has 4 rings (SSSR count). The van der Waals surface area contributed by atoms with Crippen molar-refractivity contribution in [2.24, 2.45) is 11.0 Å². The molecule has 3 aromatic carbocycles. The zero-order valence-corrected chi connectivity index (χ0v) is 26.5. The van der Waals surface area contributed by atoms with Gasteiger partial charge in [-0.1, -0.05) is 61.5 Å². The Morgan fingerprint density at radius 2 is 1.78 bits per heavy atom. The molecular weight excluding hydrogens is 568 g/mol. The fourth-order valence-electron chi connectivity index (χ4n) is 5.18. The number of rotatable bonds is 11. The standard InChI is InChI=1S/C36H40N4O5/c1-24(20-21-37)33(34(43)38-30-13-9-12-27(25(30)2)18-19-32(42)45-36(3,4)5)28-16-14-26(15-17-28)22-40-31(41)23-44-35(39-40)29-10-7-6-8-11-29/h6-17,24,33H,18-20,22-23H2,1-5H3,(H,38,43). The second-order valence-corrected chi connectivity index (χ2v) is 12.2. The SMILES string of the molecule is Cc1c(CCC(=O)OC(C)(C)C)cccc1NC(=O)C(c1ccc(CN2N=C(c3ccccc3)OCC2=O)cc1)C(C)CC#N. The number of ether oxygens (including phenoxy) is 2. The Balaban J connectivity index is 1.48. The number of aryl methyl sites for hydroxylation is 1. The summed E-state index contributed by atoms with van der Waals surface area (Å²) < 4.78 is 11.0. The van der Waals surface area contributed by atoms with Crippen molar-refractivity contribution >= 4 is 29.4 Å². The second kappa shape index (κ2) is 14.7. The van der Waals surface area contributed by atoms with Crippen molar-refractivity contribution in [3.8, 4) is 6.07 Å². The van der Waals surface area contributed by atoms with Crippen molar-refractivity contribution in [3.05, 3.63) is 101 Å². The van der Waals surface area contributed by atoms with Crippen LogP contribution in [0.2, 0.25) is 0 Å². The number of anilines is 1. The van der Waals surface area contributed by atoms with Crippen LogP contribution in [0, 0.1) is 24.2 Å². The van der Waals surface area contributed by atoms with Gasteiger partial charge in [-0.05, 0) is 80.5 Å². The van der Waals surface area contributed by atoms with Crippen LogP contribution in [0.25, 0.3) is 0 Å². The van der Waals surface area contributed by atoms with Crippen LogP contribution < -0.4 is 5.32 Å². The van der Waals surface area contributed by atoms with Crippen LogP contribution in [-0.4, -0.2) is 40.9 Å². The van der Waals surface area contributed by atoms with Crippen LogP contribution in [0.3, 0.4) is 0 Å². The van der Waals surface area contributed by atoms with E-state index in [1.165, 1.54) is 5.01 Å². The van der Waals surface area contributed by atoms with Gasteiger partial charge in [-0.15, -0.1) is 5.10 Å². The van der Waals surface area contributed by atoms with Gasteiger partial charge in [0.1, 0.15) is 5.60 Å². The summed E-state index contributed by atoms with van der Waals surface area (Å²) in [7, 11) is 0. The predicted molar refractivity (Wildman–Crippen MR) is 172 cm³/mol. The zero-order chi connectivity index (χ0) is 32.6. The van der Waals surface area contributed by atoms with Crippen molar-refractivity contribution in [3.63, 3.8) is 0 Å². The van der Waals surface area contributed by atoms with E-state index in [2.05, 4.69) is 16.5 Å². The average molecular weight is 609 g/mol. The summed E-state index contributed by atoms with van der Waals surface area (Å²) >= 11 is 0. The fourth-order valence-corrected chi connectivity index (χ4v) is 5.18. The maximum atomic E-state index is 13.8. The zero-order valence-electron chi connectivity index (χ0n) is 26.5. The third-order valence-corrected chi connectivity index (χ3v) is 7.51. The summed E-state index contributed by atoms with van der Waals surface area (Å²) in [5.74, 6) is -1.20. The van der Waals surface area contributed by atoms with E-state index >= 15 is 0 Å². The van der Waals surface area contributed by atoms with Crippen molar-refractivity contribution in [2.45, 2.75) is 71.9 Å². The van der Waals surface area contributed by atoms with E-state index in [4.69, 9.17) is 9.47 Å². The summed E-state index contributed by atoms with van der Waals surface area (Å²) in [6.45, 7) is 9.47. The molecule has 0 bridgehead atoms. The lowest BCUT2D eigenvalue weighted by Crippen LogP contribution is -2.36. The number of carbonyl (C=O) groups is 3. The van der Waals surface area contributed by atoms with Crippen molar-refractivity contribution in [1.82, 2.24) is 5.01 Å². The first-order valence-electron chi connectivity index (χ1n) is 15.1. The minimum absolute atomic E-state index is 0.0959. The molecule has 0 saturated carbocycles. The normalized spacial score (nSPS) is 14.4. The second-order valence-electron chi connectivity index (χ2n) is 12.2. The lowest BCUT2D eigenvalue weighted by Gasteiger charge is -2.25. The van der Waals surface area contributed by atoms with E-state index in [1.807, 2.05) is 107 Å². The molecule has 9 nitrogen and oxygen atoms in total. The molecule has 45 heavy (non-hydrogen) atoms. The first-order valence-corrected chi connectivity index (χ1v) is 15.1. The number of hydrazone groups is 1. The summed E-state index contributed by atoms with van der Waals surface area (Å²) in [4.78, 5) is 38.6. The van der Waals surface area contributed by atoms with E-state index in [1.54, 1.807) is 0 Å². The van der Waals surface area contributed by atoms with Gasteiger partial charge in [0.2, 0.25) is 11.8 Å². The van der Waals surface area contributed by atoms with E-state index in [0.717, 1.165) is 27.8 Å². The minimum atomic E-state index is -0.587. The quantitative estimate of drug-likeness (QED) is 0.257. The molecular formula is C36H40N4O5. The molecule has 0 aromatic heterocycles. The topological polar surface area (TPSA) is 121 Å². The molecule has 3 aromatic rings. The highest BCUT2D eigenvalue weighted by Gasteiger charge is 2.28. The average Bonchev–Trinajstić information content (AvgIpc) is 2.99. The predicted octanol–water partition coefficient (Wildman–Crippen LogP) is 6.26. The number of hydrogen-bond acceptors (Lipinski definition) is 7. The van der Waals surface area contributed by atoms with Crippen LogP contribution in [0.4, 0.5) is 5.69 Å². The van der Waals surface area contributed by atoms with Gasteiger partial charge in [0.25, 0.3) is 5.91 Å². The van der Waals surface area contributed by atoms with Crippen molar-refractivity contribution in [2.75, 3.05) is 11.9 Å². The lowest BCUT2D eigenvalue weighted by molar-refractivity contribution is -0.154.